The molecule has 1 fully saturated rings. The second kappa shape index (κ2) is 3.58. The quantitative estimate of drug-likeness (QED) is 0.720. The number of amides is 2. The first-order valence-corrected chi connectivity index (χ1v) is 6.52. The van der Waals surface area contributed by atoms with Crippen molar-refractivity contribution >= 4 is 46.2 Å². The van der Waals surface area contributed by atoms with Crippen LogP contribution in [-0.2, 0) is 21.6 Å². The highest BCUT2D eigenvalue weighted by atomic mass is 127. The lowest BCUT2D eigenvalue weighted by molar-refractivity contribution is -0.131. The number of carbonyl (C=O) groups is 2. The van der Waals surface area contributed by atoms with Gasteiger partial charge < -0.3 is 4.74 Å². The van der Waals surface area contributed by atoms with Crippen molar-refractivity contribution in [2.45, 2.75) is 18.4 Å². The molecule has 0 bridgehead atoms. The van der Waals surface area contributed by atoms with Gasteiger partial charge in [0.15, 0.2) is 0 Å². The number of imide groups is 1. The lowest BCUT2D eigenvalue weighted by Crippen LogP contribution is -2.34. The van der Waals surface area contributed by atoms with E-state index in [2.05, 4.69) is 27.9 Å². The predicted molar refractivity (Wildman–Crippen MR) is 68.8 cm³/mol. The summed E-state index contributed by atoms with van der Waals surface area (Å²) in [6.07, 6.45) is 0.498. The molecule has 1 atom stereocenters. The average Bonchev–Trinajstić information content (AvgIpc) is 2.77. The number of nitrogens with one attached hydrogen (secondary N) is 1. The number of carbonyl (C=O) groups excluding carboxylic acids is 2. The number of alkyl carbamates (subject to hydrolysis) is 1. The first-order valence-electron chi connectivity index (χ1n) is 5.06. The molecule has 0 saturated carbocycles. The van der Waals surface area contributed by atoms with Crippen LogP contribution in [0.2, 0.25) is 5.02 Å². The van der Waals surface area contributed by atoms with Crippen molar-refractivity contribution in [3.63, 3.8) is 0 Å². The fourth-order valence-corrected chi connectivity index (χ4v) is 3.33. The SMILES string of the molecule is O=C1NC(=O)[C@@]2(CCc3c2ccc(Cl)c3I)O1. The van der Waals surface area contributed by atoms with Crippen molar-refractivity contribution < 1.29 is 14.3 Å². The summed E-state index contributed by atoms with van der Waals surface area (Å²) < 4.78 is 6.12. The van der Waals surface area contributed by atoms with E-state index in [9.17, 15) is 9.59 Å². The van der Waals surface area contributed by atoms with Crippen molar-refractivity contribution in [3.05, 3.63) is 31.9 Å². The molecule has 1 heterocycles. The maximum atomic E-state index is 11.9. The van der Waals surface area contributed by atoms with Gasteiger partial charge in [-0.15, -0.1) is 0 Å². The Morgan fingerprint density at radius 2 is 2.18 bits per heavy atom. The Hall–Kier alpha value is -0.820. The molecule has 1 N–H and O–H groups in total. The molecule has 2 amide bonds. The van der Waals surface area contributed by atoms with E-state index in [0.717, 1.165) is 14.7 Å². The lowest BCUT2D eigenvalue weighted by Gasteiger charge is -2.19. The molecule has 2 aliphatic rings. The summed E-state index contributed by atoms with van der Waals surface area (Å²) in [5.74, 6) is -0.376. The van der Waals surface area contributed by atoms with Gasteiger partial charge in [0.05, 0.1) is 5.02 Å². The van der Waals surface area contributed by atoms with Crippen molar-refractivity contribution in [3.8, 4) is 0 Å². The number of benzene rings is 1. The van der Waals surface area contributed by atoms with Crippen LogP contribution in [0.25, 0.3) is 0 Å². The van der Waals surface area contributed by atoms with Crippen molar-refractivity contribution in [2.24, 2.45) is 0 Å². The predicted octanol–water partition coefficient (Wildman–Crippen LogP) is 2.35. The minimum atomic E-state index is -1.13. The van der Waals surface area contributed by atoms with Gasteiger partial charge in [0.2, 0.25) is 5.60 Å². The Kier molecular flexibility index (Phi) is 2.38. The number of rotatable bonds is 0. The summed E-state index contributed by atoms with van der Waals surface area (Å²) >= 11 is 8.19. The largest absolute Gasteiger partial charge is 0.427 e. The zero-order valence-electron chi connectivity index (χ0n) is 8.55. The monoisotopic (exact) mass is 363 g/mol. The van der Waals surface area contributed by atoms with Crippen LogP contribution in [-0.4, -0.2) is 12.0 Å². The fourth-order valence-electron chi connectivity index (χ4n) is 2.42. The Morgan fingerprint density at radius 3 is 2.82 bits per heavy atom. The van der Waals surface area contributed by atoms with Crippen LogP contribution < -0.4 is 5.32 Å². The van der Waals surface area contributed by atoms with Crippen molar-refractivity contribution in [1.82, 2.24) is 5.32 Å². The second-order valence-corrected chi connectivity index (χ2v) is 5.54. The molecule has 0 radical (unpaired) electrons. The summed E-state index contributed by atoms with van der Waals surface area (Å²) in [7, 11) is 0. The normalized spacial score (nSPS) is 26.0. The van der Waals surface area contributed by atoms with Gasteiger partial charge >= 0.3 is 6.09 Å². The summed E-state index contributed by atoms with van der Waals surface area (Å²) in [6.45, 7) is 0. The average molecular weight is 364 g/mol. The van der Waals surface area contributed by atoms with Crippen LogP contribution in [0.1, 0.15) is 17.5 Å². The zero-order valence-corrected chi connectivity index (χ0v) is 11.5. The van der Waals surface area contributed by atoms with Crippen LogP contribution in [0.15, 0.2) is 12.1 Å². The number of fused-ring (bicyclic) bond motifs is 2. The first kappa shape index (κ1) is 11.3. The topological polar surface area (TPSA) is 55.4 Å². The molecule has 6 heteroatoms. The van der Waals surface area contributed by atoms with Crippen LogP contribution in [0.5, 0.6) is 0 Å². The Labute approximate surface area is 116 Å². The highest BCUT2D eigenvalue weighted by Crippen LogP contribution is 2.45. The third-order valence-corrected chi connectivity index (χ3v) is 5.07. The van der Waals surface area contributed by atoms with Crippen molar-refractivity contribution in [1.29, 1.82) is 0 Å². The zero-order chi connectivity index (χ0) is 12.2. The standard InChI is InChI=1S/C11H7ClINO3/c12-7-2-1-6-5(8(7)13)3-4-11(6)9(15)14-10(16)17-11/h1-2H,3-4H2,(H,14,15,16)/t11-/m0/s1. The molecule has 1 aromatic carbocycles. The maximum Gasteiger partial charge on any atom is 0.415 e. The summed E-state index contributed by atoms with van der Waals surface area (Å²) in [5, 5.41) is 2.85. The van der Waals surface area contributed by atoms with Gasteiger partial charge in [-0.05, 0) is 40.6 Å². The smallest absolute Gasteiger partial charge is 0.415 e. The highest BCUT2D eigenvalue weighted by Gasteiger charge is 2.54. The Balaban J connectivity index is 2.20. The van der Waals surface area contributed by atoms with E-state index in [1.807, 2.05) is 0 Å². The van der Waals surface area contributed by atoms with Crippen LogP contribution in [0.3, 0.4) is 0 Å². The Bertz CT molecular complexity index is 560. The molecule has 1 spiro atoms. The molecule has 1 saturated heterocycles. The second-order valence-electron chi connectivity index (χ2n) is 4.06. The van der Waals surface area contributed by atoms with Crippen LogP contribution >= 0.6 is 34.2 Å². The molecule has 1 aliphatic carbocycles. The minimum absolute atomic E-state index is 0.376. The maximum absolute atomic E-state index is 11.9. The minimum Gasteiger partial charge on any atom is -0.427 e. The number of ether oxygens (including phenoxy) is 1. The molecule has 17 heavy (non-hydrogen) atoms. The van der Waals surface area contributed by atoms with Gasteiger partial charge in [-0.1, -0.05) is 17.7 Å². The van der Waals surface area contributed by atoms with Gasteiger partial charge in [0.1, 0.15) is 0 Å². The molecule has 0 unspecified atom stereocenters. The first-order chi connectivity index (χ1) is 8.04. The summed E-state index contributed by atoms with van der Waals surface area (Å²) in [5.41, 5.74) is 0.634. The molecule has 0 aromatic heterocycles. The molecule has 1 aliphatic heterocycles. The van der Waals surface area contributed by atoms with E-state index >= 15 is 0 Å². The molecule has 88 valence electrons. The van der Waals surface area contributed by atoms with E-state index in [-0.39, 0.29) is 5.91 Å². The number of hydrogen-bond donors (Lipinski definition) is 1. The molecular formula is C11H7ClINO3. The van der Waals surface area contributed by atoms with Crippen molar-refractivity contribution in [2.75, 3.05) is 0 Å². The highest BCUT2D eigenvalue weighted by molar-refractivity contribution is 14.1. The van der Waals surface area contributed by atoms with E-state index in [4.69, 9.17) is 16.3 Å². The van der Waals surface area contributed by atoms with Crippen LogP contribution in [0.4, 0.5) is 4.79 Å². The lowest BCUT2D eigenvalue weighted by atomic mass is 9.95. The summed E-state index contributed by atoms with van der Waals surface area (Å²) in [6, 6.07) is 3.50. The van der Waals surface area contributed by atoms with E-state index in [0.29, 0.717) is 17.9 Å². The van der Waals surface area contributed by atoms with Gasteiger partial charge in [0.25, 0.3) is 5.91 Å². The number of halogens is 2. The third kappa shape index (κ3) is 1.41. The van der Waals surface area contributed by atoms with Crippen LogP contribution in [0, 0.1) is 3.57 Å². The van der Waals surface area contributed by atoms with E-state index < -0.39 is 11.7 Å². The summed E-state index contributed by atoms with van der Waals surface area (Å²) in [4.78, 5) is 23.1. The molecular weight excluding hydrogens is 356 g/mol. The molecule has 3 rings (SSSR count). The van der Waals surface area contributed by atoms with E-state index in [1.165, 1.54) is 0 Å². The van der Waals surface area contributed by atoms with Gasteiger partial charge in [0, 0.05) is 15.6 Å². The number of hydrogen-bond acceptors (Lipinski definition) is 3. The van der Waals surface area contributed by atoms with Gasteiger partial charge in [-0.3, -0.25) is 10.1 Å². The third-order valence-electron chi connectivity index (χ3n) is 3.21. The fraction of sp³-hybridized carbons (Fsp3) is 0.273. The molecule has 4 nitrogen and oxygen atoms in total. The van der Waals surface area contributed by atoms with Gasteiger partial charge in [-0.2, -0.15) is 0 Å². The molecule has 1 aromatic rings. The van der Waals surface area contributed by atoms with E-state index in [1.54, 1.807) is 12.1 Å². The Morgan fingerprint density at radius 1 is 1.41 bits per heavy atom. The van der Waals surface area contributed by atoms with Gasteiger partial charge in [-0.25, -0.2) is 4.79 Å².